The number of hydrogen-bond donors (Lipinski definition) is 2. The third-order valence-electron chi connectivity index (χ3n) is 4.38. The largest absolute Gasteiger partial charge is 0.497 e. The third-order valence-corrected chi connectivity index (χ3v) is 4.38. The fraction of sp³-hybridized carbons (Fsp3) is 0.263. The summed E-state index contributed by atoms with van der Waals surface area (Å²) in [5, 5.41) is 5.70. The lowest BCUT2D eigenvalue weighted by molar-refractivity contribution is -0.119. The Morgan fingerprint density at radius 1 is 1.04 bits per heavy atom. The Labute approximate surface area is 146 Å². The van der Waals surface area contributed by atoms with Gasteiger partial charge in [0, 0.05) is 23.0 Å². The zero-order chi connectivity index (χ0) is 18.2. The van der Waals surface area contributed by atoms with Gasteiger partial charge in [-0.3, -0.25) is 9.59 Å². The Kier molecular flexibility index (Phi) is 4.12. The number of nitrogens with one attached hydrogen (secondary N) is 2. The maximum Gasteiger partial charge on any atom is 0.255 e. The van der Waals surface area contributed by atoms with Gasteiger partial charge in [-0.2, -0.15) is 0 Å². The van der Waals surface area contributed by atoms with E-state index in [-0.39, 0.29) is 11.8 Å². The first kappa shape index (κ1) is 16.8. The number of anilines is 2. The second-order valence-electron chi connectivity index (χ2n) is 6.39. The van der Waals surface area contributed by atoms with Gasteiger partial charge in [0.25, 0.3) is 5.91 Å². The van der Waals surface area contributed by atoms with E-state index in [0.29, 0.717) is 22.7 Å². The van der Waals surface area contributed by atoms with Gasteiger partial charge in [-0.15, -0.1) is 0 Å². The van der Waals surface area contributed by atoms with Crippen LogP contribution in [0.25, 0.3) is 0 Å². The number of carbonyl (C=O) groups is 2. The van der Waals surface area contributed by atoms with Crippen LogP contribution >= 0.6 is 0 Å². The summed E-state index contributed by atoms with van der Waals surface area (Å²) in [7, 11) is 3.06. The fourth-order valence-electron chi connectivity index (χ4n) is 2.79. The molecule has 1 aliphatic rings. The summed E-state index contributed by atoms with van der Waals surface area (Å²) < 4.78 is 10.4. The smallest absolute Gasteiger partial charge is 0.255 e. The molecule has 0 aliphatic carbocycles. The molecular weight excluding hydrogens is 320 g/mol. The van der Waals surface area contributed by atoms with Crippen molar-refractivity contribution in [3.63, 3.8) is 0 Å². The highest BCUT2D eigenvalue weighted by Crippen LogP contribution is 2.38. The van der Waals surface area contributed by atoms with Crippen LogP contribution in [0, 0.1) is 0 Å². The summed E-state index contributed by atoms with van der Waals surface area (Å²) in [6.07, 6.45) is 0. The van der Waals surface area contributed by atoms with Crippen LogP contribution in [0.4, 0.5) is 11.4 Å². The number of rotatable bonds is 4. The molecule has 2 amide bonds. The van der Waals surface area contributed by atoms with Crippen molar-refractivity contribution in [3.8, 4) is 11.5 Å². The molecule has 0 bridgehead atoms. The van der Waals surface area contributed by atoms with Crippen molar-refractivity contribution in [3.05, 3.63) is 47.5 Å². The number of carbonyl (C=O) groups excluding carboxylic acids is 2. The zero-order valence-corrected chi connectivity index (χ0v) is 14.6. The summed E-state index contributed by atoms with van der Waals surface area (Å²) in [6, 6.07) is 10.4. The van der Waals surface area contributed by atoms with Crippen LogP contribution in [-0.4, -0.2) is 26.0 Å². The number of amides is 2. The number of hydrogen-bond acceptors (Lipinski definition) is 4. The second-order valence-corrected chi connectivity index (χ2v) is 6.39. The molecule has 6 heteroatoms. The molecule has 2 aromatic rings. The van der Waals surface area contributed by atoms with E-state index in [1.165, 1.54) is 14.2 Å². The molecule has 25 heavy (non-hydrogen) atoms. The molecule has 3 rings (SSSR count). The van der Waals surface area contributed by atoms with E-state index >= 15 is 0 Å². The van der Waals surface area contributed by atoms with Crippen molar-refractivity contribution < 1.29 is 19.1 Å². The Hall–Kier alpha value is -3.02. The minimum atomic E-state index is -0.630. The lowest BCUT2D eigenvalue weighted by Crippen LogP contribution is -2.26. The fourth-order valence-corrected chi connectivity index (χ4v) is 2.79. The van der Waals surface area contributed by atoms with Gasteiger partial charge in [0.15, 0.2) is 0 Å². The third kappa shape index (κ3) is 3.03. The molecule has 2 aromatic carbocycles. The van der Waals surface area contributed by atoms with Gasteiger partial charge in [-0.1, -0.05) is 0 Å². The first-order valence-electron chi connectivity index (χ1n) is 7.85. The molecule has 0 spiro atoms. The summed E-state index contributed by atoms with van der Waals surface area (Å²) in [5.74, 6) is 0.736. The van der Waals surface area contributed by atoms with Gasteiger partial charge in [0.05, 0.1) is 19.6 Å². The highest BCUT2D eigenvalue weighted by molar-refractivity contribution is 6.08. The Bertz CT molecular complexity index is 836. The van der Waals surface area contributed by atoms with Crippen molar-refractivity contribution >= 4 is 23.2 Å². The molecule has 1 aliphatic heterocycles. The van der Waals surface area contributed by atoms with E-state index in [1.54, 1.807) is 30.3 Å². The maximum absolute atomic E-state index is 12.6. The molecule has 0 fully saturated rings. The average molecular weight is 340 g/mol. The van der Waals surface area contributed by atoms with Crippen LogP contribution in [-0.2, 0) is 10.2 Å². The van der Waals surface area contributed by atoms with Gasteiger partial charge >= 0.3 is 0 Å². The number of methoxy groups -OCH3 is 2. The minimum absolute atomic E-state index is 0.0523. The predicted molar refractivity (Wildman–Crippen MR) is 95.6 cm³/mol. The number of benzene rings is 2. The molecule has 0 aromatic heterocycles. The molecular formula is C19H20N2O4. The highest BCUT2D eigenvalue weighted by Gasteiger charge is 2.38. The van der Waals surface area contributed by atoms with Gasteiger partial charge in [0.1, 0.15) is 11.5 Å². The Morgan fingerprint density at radius 3 is 2.28 bits per heavy atom. The van der Waals surface area contributed by atoms with Crippen LogP contribution in [0.15, 0.2) is 36.4 Å². The van der Waals surface area contributed by atoms with Crippen molar-refractivity contribution in [1.82, 2.24) is 0 Å². The maximum atomic E-state index is 12.6. The predicted octanol–water partition coefficient (Wildman–Crippen LogP) is 3.19. The lowest BCUT2D eigenvalue weighted by atomic mass is 9.86. The zero-order valence-electron chi connectivity index (χ0n) is 14.6. The molecule has 1 heterocycles. The molecule has 2 N–H and O–H groups in total. The first-order chi connectivity index (χ1) is 11.8. The van der Waals surface area contributed by atoms with Crippen LogP contribution in [0.2, 0.25) is 0 Å². The van der Waals surface area contributed by atoms with Crippen LogP contribution in [0.5, 0.6) is 11.5 Å². The topological polar surface area (TPSA) is 76.7 Å². The van der Waals surface area contributed by atoms with Crippen LogP contribution < -0.4 is 20.1 Å². The standard InChI is InChI=1S/C19H20N2O4/c1-19(2)15-9-12(5-6-16(15)21-18(19)23)20-17(22)11-7-13(24-3)10-14(8-11)25-4/h5-10H,1-4H3,(H,20,22)(H,21,23). The lowest BCUT2D eigenvalue weighted by Gasteiger charge is -2.16. The Morgan fingerprint density at radius 2 is 1.68 bits per heavy atom. The normalized spacial score (nSPS) is 14.5. The van der Waals surface area contributed by atoms with Gasteiger partial charge < -0.3 is 20.1 Å². The molecule has 0 atom stereocenters. The highest BCUT2D eigenvalue weighted by atomic mass is 16.5. The number of fused-ring (bicyclic) bond motifs is 1. The second kappa shape index (κ2) is 6.12. The van der Waals surface area contributed by atoms with Gasteiger partial charge in [-0.25, -0.2) is 0 Å². The van der Waals surface area contributed by atoms with Crippen molar-refractivity contribution in [2.45, 2.75) is 19.3 Å². The molecule has 0 unspecified atom stereocenters. The molecule has 6 nitrogen and oxygen atoms in total. The summed E-state index contributed by atoms with van der Waals surface area (Å²) in [4.78, 5) is 24.6. The quantitative estimate of drug-likeness (QED) is 0.896. The van der Waals surface area contributed by atoms with E-state index in [4.69, 9.17) is 9.47 Å². The van der Waals surface area contributed by atoms with Crippen molar-refractivity contribution in [1.29, 1.82) is 0 Å². The van der Waals surface area contributed by atoms with E-state index in [9.17, 15) is 9.59 Å². The molecule has 0 saturated heterocycles. The van der Waals surface area contributed by atoms with Crippen molar-refractivity contribution in [2.75, 3.05) is 24.9 Å². The molecule has 130 valence electrons. The SMILES string of the molecule is COc1cc(OC)cc(C(=O)Nc2ccc3c(c2)C(C)(C)C(=O)N3)c1. The first-order valence-corrected chi connectivity index (χ1v) is 7.85. The van der Waals surface area contributed by atoms with Crippen molar-refractivity contribution in [2.24, 2.45) is 0 Å². The van der Waals surface area contributed by atoms with Crippen LogP contribution in [0.1, 0.15) is 29.8 Å². The average Bonchev–Trinajstić information content (AvgIpc) is 2.83. The summed E-state index contributed by atoms with van der Waals surface area (Å²) in [6.45, 7) is 3.71. The van der Waals surface area contributed by atoms with E-state index in [2.05, 4.69) is 10.6 Å². The van der Waals surface area contributed by atoms with Crippen LogP contribution in [0.3, 0.4) is 0 Å². The van der Waals surface area contributed by atoms with E-state index in [0.717, 1.165) is 11.3 Å². The van der Waals surface area contributed by atoms with Gasteiger partial charge in [0.2, 0.25) is 5.91 Å². The molecule has 0 radical (unpaired) electrons. The van der Waals surface area contributed by atoms with Gasteiger partial charge in [-0.05, 0) is 49.7 Å². The van der Waals surface area contributed by atoms with E-state index < -0.39 is 5.41 Å². The monoisotopic (exact) mass is 340 g/mol. The number of ether oxygens (including phenoxy) is 2. The Balaban J connectivity index is 1.88. The summed E-state index contributed by atoms with van der Waals surface area (Å²) >= 11 is 0. The minimum Gasteiger partial charge on any atom is -0.497 e. The van der Waals surface area contributed by atoms with E-state index in [1.807, 2.05) is 19.9 Å². The molecule has 0 saturated carbocycles. The summed E-state index contributed by atoms with van der Waals surface area (Å²) in [5.41, 5.74) is 2.05.